The zero-order chi connectivity index (χ0) is 24.4. The Labute approximate surface area is 210 Å². The molecule has 6 rings (SSSR count). The summed E-state index contributed by atoms with van der Waals surface area (Å²) in [5, 5.41) is 5.67. The molecule has 35 heavy (non-hydrogen) atoms. The molecule has 2 amide bonds. The third-order valence-electron chi connectivity index (χ3n) is 10.0. The lowest BCUT2D eigenvalue weighted by atomic mass is 9.47. The second-order valence-electron chi connectivity index (χ2n) is 11.4. The van der Waals surface area contributed by atoms with E-state index in [9.17, 15) is 9.59 Å². The van der Waals surface area contributed by atoms with Crippen molar-refractivity contribution in [1.82, 2.24) is 19.9 Å². The van der Waals surface area contributed by atoms with Crippen LogP contribution in [0, 0.1) is 28.6 Å². The third kappa shape index (κ3) is 3.47. The van der Waals surface area contributed by atoms with Gasteiger partial charge in [-0.25, -0.2) is 9.97 Å². The van der Waals surface area contributed by atoms with E-state index >= 15 is 0 Å². The van der Waals surface area contributed by atoms with Crippen LogP contribution in [0.1, 0.15) is 74.5 Å². The number of carbonyl (C=O) groups is 2. The average Bonchev–Trinajstić information content (AvgIpc) is 3.45. The molecule has 0 spiro atoms. The minimum absolute atomic E-state index is 0.0728. The van der Waals surface area contributed by atoms with Gasteiger partial charge in [-0.05, 0) is 67.8 Å². The van der Waals surface area contributed by atoms with Crippen LogP contribution in [0.15, 0.2) is 36.1 Å². The van der Waals surface area contributed by atoms with E-state index < -0.39 is 0 Å². The number of fused-ring (bicyclic) bond motifs is 5. The number of nitrogens with zero attached hydrogens (tertiary/aromatic N) is 4. The van der Waals surface area contributed by atoms with E-state index in [2.05, 4.69) is 40.6 Å². The lowest BCUT2D eigenvalue weighted by molar-refractivity contribution is -0.138. The number of hydrogen-bond donors (Lipinski definition) is 1. The van der Waals surface area contributed by atoms with Crippen LogP contribution in [0.3, 0.4) is 0 Å². The summed E-state index contributed by atoms with van der Waals surface area (Å²) in [5.41, 5.74) is 1.72. The van der Waals surface area contributed by atoms with Gasteiger partial charge in [-0.3, -0.25) is 19.9 Å². The van der Waals surface area contributed by atoms with E-state index in [4.69, 9.17) is 4.98 Å². The molecule has 1 aliphatic heterocycles. The van der Waals surface area contributed by atoms with Crippen molar-refractivity contribution in [2.75, 3.05) is 12.4 Å². The van der Waals surface area contributed by atoms with Gasteiger partial charge in [-0.2, -0.15) is 0 Å². The van der Waals surface area contributed by atoms with Gasteiger partial charge in [0.1, 0.15) is 5.69 Å². The third-order valence-corrected chi connectivity index (χ3v) is 10.8. The standard InChI is InChI=1S/C27H33N5O2S/c1-26-10-8-18-16(4-7-22-27(18,2)11-9-23(33)32(22)3)17(26)5-6-19(26)21-15-35-25(30-21)31-24(34)20-14-28-12-13-29-20/h9,11-19,22H,4-8,10H2,1-3H3,(H,30,31,34)/t16-,17-,18-,19+,22+,26-,27+/m0/s1. The number of aromatic nitrogens is 3. The van der Waals surface area contributed by atoms with Crippen molar-refractivity contribution in [2.45, 2.75) is 64.3 Å². The number of amides is 2. The lowest BCUT2D eigenvalue weighted by Crippen LogP contribution is -2.59. The van der Waals surface area contributed by atoms with Crippen molar-refractivity contribution in [3.63, 3.8) is 0 Å². The van der Waals surface area contributed by atoms with Crippen LogP contribution >= 0.6 is 11.3 Å². The number of thiazole rings is 1. The van der Waals surface area contributed by atoms with Crippen molar-refractivity contribution in [3.8, 4) is 0 Å². The van der Waals surface area contributed by atoms with Gasteiger partial charge < -0.3 is 4.90 Å². The topological polar surface area (TPSA) is 88.1 Å². The number of likely N-dealkylation sites (N-methyl/N-ethyl adjacent to an activating group) is 1. The molecule has 0 aromatic carbocycles. The van der Waals surface area contributed by atoms with Crippen molar-refractivity contribution >= 4 is 28.3 Å². The Kier molecular flexibility index (Phi) is 5.36. The summed E-state index contributed by atoms with van der Waals surface area (Å²) in [6.07, 6.45) is 15.7. The van der Waals surface area contributed by atoms with E-state index in [-0.39, 0.29) is 22.6 Å². The summed E-state index contributed by atoms with van der Waals surface area (Å²) in [7, 11) is 1.98. The highest BCUT2D eigenvalue weighted by Gasteiger charge is 2.60. The van der Waals surface area contributed by atoms with Gasteiger partial charge in [-0.15, -0.1) is 11.3 Å². The predicted octanol–water partition coefficient (Wildman–Crippen LogP) is 4.91. The molecule has 0 saturated heterocycles. The molecule has 0 bridgehead atoms. The van der Waals surface area contributed by atoms with E-state index in [0.717, 1.165) is 18.5 Å². The molecule has 3 heterocycles. The van der Waals surface area contributed by atoms with E-state index in [1.807, 2.05) is 18.0 Å². The van der Waals surface area contributed by atoms with Gasteiger partial charge in [0.25, 0.3) is 5.91 Å². The molecule has 2 aromatic rings. The van der Waals surface area contributed by atoms with Crippen LogP contribution < -0.4 is 5.32 Å². The molecule has 8 heteroatoms. The first-order chi connectivity index (χ1) is 16.8. The van der Waals surface area contributed by atoms with Gasteiger partial charge in [0.05, 0.1) is 11.9 Å². The van der Waals surface area contributed by atoms with E-state index in [1.165, 1.54) is 49.4 Å². The Hall–Kier alpha value is -2.61. The largest absolute Gasteiger partial charge is 0.338 e. The van der Waals surface area contributed by atoms with E-state index in [0.29, 0.717) is 40.5 Å². The SMILES string of the molecule is CN1C(=O)C=C[C@]2(C)[C@H]3CC[C@]4(C)[C@@H](c5csc(NC(=O)c6cnccn6)n5)CC[C@H]4[C@@H]3CC[C@@H]12. The monoisotopic (exact) mass is 491 g/mol. The Morgan fingerprint density at radius 2 is 2.00 bits per heavy atom. The summed E-state index contributed by atoms with van der Waals surface area (Å²) < 4.78 is 0. The molecule has 0 unspecified atom stereocenters. The minimum Gasteiger partial charge on any atom is -0.338 e. The average molecular weight is 492 g/mol. The number of nitrogens with one attached hydrogen (secondary N) is 1. The van der Waals surface area contributed by atoms with Gasteiger partial charge in [0.15, 0.2) is 5.13 Å². The number of anilines is 1. The maximum absolute atomic E-state index is 12.5. The fraction of sp³-hybridized carbons (Fsp3) is 0.593. The second kappa shape index (κ2) is 8.22. The quantitative estimate of drug-likeness (QED) is 0.659. The second-order valence-corrected chi connectivity index (χ2v) is 12.3. The van der Waals surface area contributed by atoms with Crippen molar-refractivity contribution in [1.29, 1.82) is 0 Å². The first kappa shape index (κ1) is 22.8. The van der Waals surface area contributed by atoms with Crippen LogP contribution in [-0.4, -0.2) is 44.8 Å². The molecular formula is C27H33N5O2S. The minimum atomic E-state index is -0.274. The highest BCUT2D eigenvalue weighted by Crippen LogP contribution is 2.67. The summed E-state index contributed by atoms with van der Waals surface area (Å²) in [6.45, 7) is 4.89. The highest BCUT2D eigenvalue weighted by molar-refractivity contribution is 7.14. The molecule has 7 atom stereocenters. The first-order valence-corrected chi connectivity index (χ1v) is 13.7. The van der Waals surface area contributed by atoms with Gasteiger partial charge in [0, 0.05) is 42.2 Å². The summed E-state index contributed by atoms with van der Waals surface area (Å²) in [4.78, 5) is 39.8. The molecule has 4 aliphatic rings. The van der Waals surface area contributed by atoms with Crippen LogP contribution in [-0.2, 0) is 4.79 Å². The fourth-order valence-electron chi connectivity index (χ4n) is 8.31. The molecule has 2 aromatic heterocycles. The van der Waals surface area contributed by atoms with Crippen molar-refractivity contribution < 1.29 is 9.59 Å². The maximum atomic E-state index is 12.5. The molecule has 3 aliphatic carbocycles. The van der Waals surface area contributed by atoms with Crippen molar-refractivity contribution in [2.24, 2.45) is 28.6 Å². The van der Waals surface area contributed by atoms with Crippen LogP contribution in [0.5, 0.6) is 0 Å². The van der Waals surface area contributed by atoms with Crippen molar-refractivity contribution in [3.05, 3.63) is 47.5 Å². The first-order valence-electron chi connectivity index (χ1n) is 12.8. The Balaban J connectivity index is 1.21. The molecule has 184 valence electrons. The zero-order valence-electron chi connectivity index (χ0n) is 20.6. The highest BCUT2D eigenvalue weighted by atomic mass is 32.1. The summed E-state index contributed by atoms with van der Waals surface area (Å²) in [5.74, 6) is 2.30. The molecule has 1 N–H and O–H groups in total. The smallest absolute Gasteiger partial charge is 0.277 e. The molecule has 7 nitrogen and oxygen atoms in total. The fourth-order valence-corrected chi connectivity index (χ4v) is 9.06. The Morgan fingerprint density at radius 1 is 1.14 bits per heavy atom. The molecule has 0 radical (unpaired) electrons. The lowest BCUT2D eigenvalue weighted by Gasteiger charge is -2.60. The normalized spacial score (nSPS) is 38.0. The van der Waals surface area contributed by atoms with Gasteiger partial charge in [0.2, 0.25) is 5.91 Å². The summed E-state index contributed by atoms with van der Waals surface area (Å²) in [6, 6.07) is 0.321. The van der Waals surface area contributed by atoms with Crippen LogP contribution in [0.4, 0.5) is 5.13 Å². The Bertz CT molecular complexity index is 1180. The predicted molar refractivity (Wildman–Crippen MR) is 135 cm³/mol. The maximum Gasteiger partial charge on any atom is 0.277 e. The number of carbonyl (C=O) groups excluding carboxylic acids is 2. The number of rotatable bonds is 3. The molecule has 3 saturated carbocycles. The van der Waals surface area contributed by atoms with Gasteiger partial charge in [-0.1, -0.05) is 19.9 Å². The summed E-state index contributed by atoms with van der Waals surface area (Å²) >= 11 is 1.50. The van der Waals surface area contributed by atoms with Gasteiger partial charge >= 0.3 is 0 Å². The van der Waals surface area contributed by atoms with Crippen LogP contribution in [0.2, 0.25) is 0 Å². The zero-order valence-corrected chi connectivity index (χ0v) is 21.4. The number of hydrogen-bond acceptors (Lipinski definition) is 6. The molecule has 3 fully saturated rings. The molecular weight excluding hydrogens is 458 g/mol. The van der Waals surface area contributed by atoms with Crippen LogP contribution in [0.25, 0.3) is 0 Å². The van der Waals surface area contributed by atoms with E-state index in [1.54, 1.807) is 6.20 Å². The Morgan fingerprint density at radius 3 is 2.80 bits per heavy atom.